The Balaban J connectivity index is 1.50. The average Bonchev–Trinajstić information content (AvgIpc) is 3.26. The predicted octanol–water partition coefficient (Wildman–Crippen LogP) is 5.10. The number of furan rings is 1. The number of imidazole rings is 1. The Labute approximate surface area is 148 Å². The first kappa shape index (κ1) is 14.8. The fourth-order valence-corrected chi connectivity index (χ4v) is 3.09. The van der Waals surface area contributed by atoms with Crippen LogP contribution in [0.15, 0.2) is 71.3 Å². The van der Waals surface area contributed by atoms with Crippen LogP contribution in [-0.2, 0) is 6.42 Å². The van der Waals surface area contributed by atoms with Crippen molar-refractivity contribution in [1.82, 2.24) is 15.0 Å². The molecule has 0 aliphatic heterocycles. The number of hydrogen-bond acceptors (Lipinski definition) is 3. The molecule has 0 bridgehead atoms. The molecule has 126 valence electrons. The van der Waals surface area contributed by atoms with Crippen molar-refractivity contribution in [2.75, 3.05) is 0 Å². The van der Waals surface area contributed by atoms with Gasteiger partial charge in [-0.2, -0.15) is 0 Å². The highest BCUT2D eigenvalue weighted by Gasteiger charge is 2.10. The molecule has 0 saturated heterocycles. The van der Waals surface area contributed by atoms with E-state index in [0.717, 1.165) is 39.2 Å². The van der Waals surface area contributed by atoms with Crippen molar-refractivity contribution >= 4 is 22.1 Å². The molecule has 0 aliphatic rings. The Morgan fingerprint density at radius 3 is 2.69 bits per heavy atom. The van der Waals surface area contributed by atoms with Gasteiger partial charge in [-0.25, -0.2) is 14.4 Å². The van der Waals surface area contributed by atoms with Gasteiger partial charge in [-0.3, -0.25) is 0 Å². The zero-order valence-corrected chi connectivity index (χ0v) is 13.7. The van der Waals surface area contributed by atoms with E-state index in [2.05, 4.69) is 15.0 Å². The monoisotopic (exact) mass is 343 g/mol. The van der Waals surface area contributed by atoms with E-state index >= 15 is 0 Å². The highest BCUT2D eigenvalue weighted by molar-refractivity contribution is 5.84. The number of para-hydroxylation sites is 1. The molecule has 0 amide bonds. The first-order valence-electron chi connectivity index (χ1n) is 8.33. The van der Waals surface area contributed by atoms with E-state index in [1.165, 1.54) is 12.1 Å². The lowest BCUT2D eigenvalue weighted by molar-refractivity contribution is 0.627. The summed E-state index contributed by atoms with van der Waals surface area (Å²) in [6.07, 6.45) is 2.36. The maximum absolute atomic E-state index is 13.0. The topological polar surface area (TPSA) is 54.7 Å². The number of rotatable bonds is 3. The van der Waals surface area contributed by atoms with Gasteiger partial charge >= 0.3 is 0 Å². The van der Waals surface area contributed by atoms with Crippen LogP contribution in [0.3, 0.4) is 0 Å². The molecule has 5 rings (SSSR count). The summed E-state index contributed by atoms with van der Waals surface area (Å²) in [4.78, 5) is 12.3. The second-order valence-electron chi connectivity index (χ2n) is 6.23. The first-order chi connectivity index (χ1) is 12.7. The third-order valence-electron chi connectivity index (χ3n) is 4.38. The van der Waals surface area contributed by atoms with Gasteiger partial charge in [-0.15, -0.1) is 0 Å². The zero-order valence-electron chi connectivity index (χ0n) is 13.7. The van der Waals surface area contributed by atoms with E-state index in [1.54, 1.807) is 18.3 Å². The second kappa shape index (κ2) is 5.81. The molecule has 26 heavy (non-hydrogen) atoms. The minimum atomic E-state index is -0.240. The molecule has 0 fully saturated rings. The van der Waals surface area contributed by atoms with Crippen LogP contribution in [-0.4, -0.2) is 15.0 Å². The summed E-state index contributed by atoms with van der Waals surface area (Å²) in [7, 11) is 0. The van der Waals surface area contributed by atoms with Crippen molar-refractivity contribution in [3.63, 3.8) is 0 Å². The van der Waals surface area contributed by atoms with Crippen molar-refractivity contribution < 1.29 is 8.81 Å². The maximum Gasteiger partial charge on any atom is 0.177 e. The van der Waals surface area contributed by atoms with E-state index in [9.17, 15) is 4.39 Å². The van der Waals surface area contributed by atoms with E-state index in [1.807, 2.05) is 36.4 Å². The molecule has 0 spiro atoms. The average molecular weight is 343 g/mol. The van der Waals surface area contributed by atoms with Crippen LogP contribution in [0.2, 0.25) is 0 Å². The minimum absolute atomic E-state index is 0.240. The van der Waals surface area contributed by atoms with E-state index in [4.69, 9.17) is 4.42 Å². The molecular formula is C21H14FN3O. The molecule has 3 heterocycles. The summed E-state index contributed by atoms with van der Waals surface area (Å²) in [5, 5.41) is 1.06. The van der Waals surface area contributed by atoms with Gasteiger partial charge in [0.2, 0.25) is 0 Å². The molecule has 0 aliphatic carbocycles. The lowest BCUT2D eigenvalue weighted by Crippen LogP contribution is -1.90. The normalized spacial score (nSPS) is 11.4. The summed E-state index contributed by atoms with van der Waals surface area (Å²) in [6, 6.07) is 18.3. The summed E-state index contributed by atoms with van der Waals surface area (Å²) < 4.78 is 18.9. The molecule has 0 saturated carbocycles. The van der Waals surface area contributed by atoms with Crippen LogP contribution in [0, 0.1) is 5.82 Å². The predicted molar refractivity (Wildman–Crippen MR) is 98.3 cm³/mol. The van der Waals surface area contributed by atoms with E-state index < -0.39 is 0 Å². The third-order valence-corrected chi connectivity index (χ3v) is 4.38. The lowest BCUT2D eigenvalue weighted by Gasteiger charge is -1.97. The Bertz CT molecular complexity index is 1190. The number of benzene rings is 2. The van der Waals surface area contributed by atoms with Gasteiger partial charge in [0.15, 0.2) is 5.65 Å². The number of nitrogens with zero attached hydrogens (tertiary/aromatic N) is 2. The van der Waals surface area contributed by atoms with Crippen molar-refractivity contribution in [2.45, 2.75) is 6.42 Å². The van der Waals surface area contributed by atoms with Crippen LogP contribution >= 0.6 is 0 Å². The molecule has 2 aromatic carbocycles. The quantitative estimate of drug-likeness (QED) is 0.496. The summed E-state index contributed by atoms with van der Waals surface area (Å²) in [5.41, 5.74) is 4.24. The van der Waals surface area contributed by atoms with Crippen LogP contribution in [0.5, 0.6) is 0 Å². The molecule has 0 atom stereocenters. The Kier molecular flexibility index (Phi) is 3.31. The number of aromatic nitrogens is 3. The zero-order chi connectivity index (χ0) is 17.5. The number of aromatic amines is 1. The summed E-state index contributed by atoms with van der Waals surface area (Å²) >= 11 is 0. The molecule has 3 aromatic heterocycles. The molecule has 0 unspecified atom stereocenters. The maximum atomic E-state index is 13.0. The number of pyridine rings is 1. The smallest absolute Gasteiger partial charge is 0.177 e. The van der Waals surface area contributed by atoms with Crippen LogP contribution in [0.25, 0.3) is 33.5 Å². The minimum Gasteiger partial charge on any atom is -0.456 e. The Hall–Kier alpha value is -3.47. The number of halogens is 1. The van der Waals surface area contributed by atoms with Crippen molar-refractivity contribution in [3.8, 4) is 11.3 Å². The number of hydrogen-bond donors (Lipinski definition) is 1. The van der Waals surface area contributed by atoms with Crippen molar-refractivity contribution in [2.24, 2.45) is 0 Å². The van der Waals surface area contributed by atoms with Gasteiger partial charge in [-0.05, 0) is 35.9 Å². The van der Waals surface area contributed by atoms with Gasteiger partial charge in [0.05, 0.1) is 5.52 Å². The van der Waals surface area contributed by atoms with E-state index in [-0.39, 0.29) is 5.82 Å². The molecule has 5 heteroatoms. The second-order valence-corrected chi connectivity index (χ2v) is 6.23. The molecule has 1 N–H and O–H groups in total. The molecular weight excluding hydrogens is 329 g/mol. The van der Waals surface area contributed by atoms with Crippen molar-refractivity contribution in [3.05, 3.63) is 84.1 Å². The first-order valence-corrected chi connectivity index (χ1v) is 8.33. The van der Waals surface area contributed by atoms with Crippen LogP contribution in [0.4, 0.5) is 4.39 Å². The van der Waals surface area contributed by atoms with Crippen LogP contribution in [0.1, 0.15) is 11.4 Å². The highest BCUT2D eigenvalue weighted by Crippen LogP contribution is 2.28. The Morgan fingerprint density at radius 2 is 1.85 bits per heavy atom. The SMILES string of the molecule is Fc1ccc(Cc2nc3ncc(-c4cc5ccccc5o4)cc3[nH]2)cc1. The van der Waals surface area contributed by atoms with E-state index in [0.29, 0.717) is 12.1 Å². The van der Waals surface area contributed by atoms with Gasteiger partial charge in [0.1, 0.15) is 23.0 Å². The standard InChI is InChI=1S/C21H14FN3O/c22-16-7-5-13(6-8-16)9-20-24-17-10-15(12-23-21(17)25-20)19-11-14-3-1-2-4-18(14)26-19/h1-8,10-12H,9H2,(H,23,24,25). The highest BCUT2D eigenvalue weighted by atomic mass is 19.1. The van der Waals surface area contributed by atoms with Gasteiger partial charge in [0, 0.05) is 23.6 Å². The van der Waals surface area contributed by atoms with Gasteiger partial charge in [-0.1, -0.05) is 30.3 Å². The number of nitrogens with one attached hydrogen (secondary N) is 1. The molecule has 4 nitrogen and oxygen atoms in total. The molecule has 0 radical (unpaired) electrons. The largest absolute Gasteiger partial charge is 0.456 e. The third kappa shape index (κ3) is 2.63. The molecule has 5 aromatic rings. The number of fused-ring (bicyclic) bond motifs is 2. The van der Waals surface area contributed by atoms with Crippen molar-refractivity contribution in [1.29, 1.82) is 0 Å². The van der Waals surface area contributed by atoms with Gasteiger partial charge < -0.3 is 9.40 Å². The Morgan fingerprint density at radius 1 is 1.00 bits per heavy atom. The van der Waals surface area contributed by atoms with Gasteiger partial charge in [0.25, 0.3) is 0 Å². The summed E-state index contributed by atoms with van der Waals surface area (Å²) in [5.74, 6) is 1.33. The lowest BCUT2D eigenvalue weighted by atomic mass is 10.1. The number of H-pyrrole nitrogens is 1. The summed E-state index contributed by atoms with van der Waals surface area (Å²) in [6.45, 7) is 0. The van der Waals surface area contributed by atoms with Crippen LogP contribution < -0.4 is 0 Å². The fraction of sp³-hybridized carbons (Fsp3) is 0.0476. The fourth-order valence-electron chi connectivity index (χ4n) is 3.09.